The van der Waals surface area contributed by atoms with Crippen LogP contribution in [0.3, 0.4) is 0 Å². The van der Waals surface area contributed by atoms with Gasteiger partial charge in [0.2, 0.25) is 0 Å². The normalized spacial score (nSPS) is 13.2. The van der Waals surface area contributed by atoms with E-state index in [1.807, 2.05) is 24.3 Å². The molecule has 0 spiro atoms. The van der Waals surface area contributed by atoms with E-state index in [-0.39, 0.29) is 11.8 Å². The van der Waals surface area contributed by atoms with Gasteiger partial charge in [-0.05, 0) is 43.7 Å². The molecule has 0 bridgehead atoms. The summed E-state index contributed by atoms with van der Waals surface area (Å²) in [6.45, 7) is 11.7. The van der Waals surface area contributed by atoms with E-state index in [1.165, 1.54) is 5.56 Å². The van der Waals surface area contributed by atoms with E-state index in [0.29, 0.717) is 6.42 Å². The summed E-state index contributed by atoms with van der Waals surface area (Å²) in [6.07, 6.45) is -0.309. The molecule has 1 amide bonds. The van der Waals surface area contributed by atoms with Gasteiger partial charge in [0.1, 0.15) is 5.60 Å². The van der Waals surface area contributed by atoms with Gasteiger partial charge in [0.05, 0.1) is 6.42 Å². The number of aliphatic carboxylic acids is 1. The molecule has 5 heteroatoms. The van der Waals surface area contributed by atoms with E-state index in [1.54, 1.807) is 20.8 Å². The highest BCUT2D eigenvalue weighted by Gasteiger charge is 2.22. The fourth-order valence-electron chi connectivity index (χ4n) is 2.28. The van der Waals surface area contributed by atoms with Gasteiger partial charge >= 0.3 is 12.1 Å². The van der Waals surface area contributed by atoms with Crippen molar-refractivity contribution in [3.8, 4) is 0 Å². The van der Waals surface area contributed by atoms with Crippen molar-refractivity contribution in [3.63, 3.8) is 0 Å². The van der Waals surface area contributed by atoms with Crippen molar-refractivity contribution in [1.82, 2.24) is 5.32 Å². The van der Waals surface area contributed by atoms with Crippen LogP contribution in [0, 0.1) is 0 Å². The zero-order valence-corrected chi connectivity index (χ0v) is 15.5. The molecule has 0 radical (unpaired) electrons. The Morgan fingerprint density at radius 2 is 1.62 bits per heavy atom. The first-order chi connectivity index (χ1) is 10.9. The Bertz CT molecular complexity index is 565. The van der Waals surface area contributed by atoms with Crippen LogP contribution in [0.1, 0.15) is 59.1 Å². The van der Waals surface area contributed by atoms with Crippen LogP contribution in [0.15, 0.2) is 24.3 Å². The van der Waals surface area contributed by atoms with Crippen molar-refractivity contribution in [1.29, 1.82) is 0 Å². The van der Waals surface area contributed by atoms with Crippen molar-refractivity contribution in [2.45, 2.75) is 71.4 Å². The molecule has 0 aromatic heterocycles. The maximum Gasteiger partial charge on any atom is 0.407 e. The third-order valence-electron chi connectivity index (χ3n) is 3.44. The van der Waals surface area contributed by atoms with Gasteiger partial charge < -0.3 is 15.2 Å². The predicted molar refractivity (Wildman–Crippen MR) is 94.3 cm³/mol. The van der Waals surface area contributed by atoms with Gasteiger partial charge in [-0.3, -0.25) is 4.79 Å². The lowest BCUT2D eigenvalue weighted by atomic mass is 9.86. The Hall–Kier alpha value is -2.04. The molecule has 0 saturated carbocycles. The summed E-state index contributed by atoms with van der Waals surface area (Å²) < 4.78 is 5.21. The SMILES string of the molecule is CC(C)(C)OC(=O)N[C@H](CC(=O)O)Cc1ccc(C(C)(C)C)cc1. The number of rotatable bonds is 5. The van der Waals surface area contributed by atoms with E-state index < -0.39 is 23.7 Å². The maximum absolute atomic E-state index is 11.9. The first-order valence-electron chi connectivity index (χ1n) is 8.17. The third-order valence-corrected chi connectivity index (χ3v) is 3.44. The fraction of sp³-hybridized carbons (Fsp3) is 0.579. The van der Waals surface area contributed by atoms with E-state index in [2.05, 4.69) is 26.1 Å². The van der Waals surface area contributed by atoms with Crippen LogP contribution in [0.4, 0.5) is 4.79 Å². The number of nitrogens with one attached hydrogen (secondary N) is 1. The standard InChI is InChI=1S/C19H29NO4/c1-18(2,3)14-9-7-13(8-10-14)11-15(12-16(21)22)20-17(23)24-19(4,5)6/h7-10,15H,11-12H2,1-6H3,(H,20,23)(H,21,22)/t15-/m0/s1. The zero-order chi connectivity index (χ0) is 18.5. The number of carboxylic acid groups (broad SMARTS) is 1. The largest absolute Gasteiger partial charge is 0.481 e. The first kappa shape index (κ1) is 20.0. The molecule has 1 rings (SSSR count). The van der Waals surface area contributed by atoms with Crippen LogP contribution in [0.5, 0.6) is 0 Å². The Labute approximate surface area is 144 Å². The lowest BCUT2D eigenvalue weighted by molar-refractivity contribution is -0.137. The lowest BCUT2D eigenvalue weighted by Crippen LogP contribution is -2.41. The van der Waals surface area contributed by atoms with E-state index in [0.717, 1.165) is 5.56 Å². The molecule has 0 aliphatic rings. The first-order valence-corrected chi connectivity index (χ1v) is 8.17. The van der Waals surface area contributed by atoms with Crippen LogP contribution in [0.25, 0.3) is 0 Å². The number of carboxylic acids is 1. The topological polar surface area (TPSA) is 75.6 Å². The second-order valence-electron chi connectivity index (χ2n) is 8.09. The molecular weight excluding hydrogens is 306 g/mol. The van der Waals surface area contributed by atoms with Crippen molar-refractivity contribution in [2.75, 3.05) is 0 Å². The summed E-state index contributed by atoms with van der Waals surface area (Å²) in [4.78, 5) is 23.0. The van der Waals surface area contributed by atoms with Crippen molar-refractivity contribution in [2.24, 2.45) is 0 Å². The van der Waals surface area contributed by atoms with E-state index in [4.69, 9.17) is 9.84 Å². The lowest BCUT2D eigenvalue weighted by Gasteiger charge is -2.23. The average molecular weight is 335 g/mol. The fourth-order valence-corrected chi connectivity index (χ4v) is 2.28. The predicted octanol–water partition coefficient (Wildman–Crippen LogP) is 3.89. The van der Waals surface area contributed by atoms with E-state index in [9.17, 15) is 9.59 Å². The summed E-state index contributed by atoms with van der Waals surface area (Å²) in [5, 5.41) is 11.7. The Kier molecular flexibility index (Phi) is 6.41. The minimum absolute atomic E-state index is 0.0633. The molecule has 0 aliphatic carbocycles. The number of carbonyl (C=O) groups is 2. The Morgan fingerprint density at radius 1 is 1.08 bits per heavy atom. The summed E-state index contributed by atoms with van der Waals surface area (Å²) in [7, 11) is 0. The highest BCUT2D eigenvalue weighted by molar-refractivity contribution is 5.71. The molecule has 1 atom stereocenters. The average Bonchev–Trinajstić information content (AvgIpc) is 2.34. The van der Waals surface area contributed by atoms with Crippen molar-refractivity contribution in [3.05, 3.63) is 35.4 Å². The van der Waals surface area contributed by atoms with Crippen LogP contribution in [0.2, 0.25) is 0 Å². The van der Waals surface area contributed by atoms with Crippen molar-refractivity contribution < 1.29 is 19.4 Å². The third kappa shape index (κ3) is 7.49. The van der Waals surface area contributed by atoms with Gasteiger partial charge in [0, 0.05) is 6.04 Å². The summed E-state index contributed by atoms with van der Waals surface area (Å²) in [5.41, 5.74) is 1.63. The van der Waals surface area contributed by atoms with Crippen LogP contribution < -0.4 is 5.32 Å². The highest BCUT2D eigenvalue weighted by Crippen LogP contribution is 2.22. The van der Waals surface area contributed by atoms with Gasteiger partial charge in [0.15, 0.2) is 0 Å². The minimum Gasteiger partial charge on any atom is -0.481 e. The van der Waals surface area contributed by atoms with Gasteiger partial charge in [-0.25, -0.2) is 4.79 Å². The molecule has 134 valence electrons. The van der Waals surface area contributed by atoms with Crippen molar-refractivity contribution >= 4 is 12.1 Å². The monoisotopic (exact) mass is 335 g/mol. The second-order valence-corrected chi connectivity index (χ2v) is 8.09. The van der Waals surface area contributed by atoms with Gasteiger partial charge in [-0.2, -0.15) is 0 Å². The molecule has 0 unspecified atom stereocenters. The molecule has 24 heavy (non-hydrogen) atoms. The number of amides is 1. The molecule has 0 heterocycles. The molecule has 0 aliphatic heterocycles. The number of benzene rings is 1. The molecule has 1 aromatic rings. The Balaban J connectivity index is 2.79. The number of hydrogen-bond donors (Lipinski definition) is 2. The minimum atomic E-state index is -0.956. The van der Waals surface area contributed by atoms with Crippen LogP contribution in [-0.2, 0) is 21.4 Å². The number of hydrogen-bond acceptors (Lipinski definition) is 3. The maximum atomic E-state index is 11.9. The van der Waals surface area contributed by atoms with Gasteiger partial charge in [-0.15, -0.1) is 0 Å². The number of alkyl carbamates (subject to hydrolysis) is 1. The molecule has 2 N–H and O–H groups in total. The quantitative estimate of drug-likeness (QED) is 0.856. The highest BCUT2D eigenvalue weighted by atomic mass is 16.6. The van der Waals surface area contributed by atoms with E-state index >= 15 is 0 Å². The van der Waals surface area contributed by atoms with Gasteiger partial charge in [0.25, 0.3) is 0 Å². The Morgan fingerprint density at radius 3 is 2.04 bits per heavy atom. The summed E-state index contributed by atoms with van der Waals surface area (Å²) >= 11 is 0. The number of ether oxygens (including phenoxy) is 1. The molecule has 0 fully saturated rings. The van der Waals surface area contributed by atoms with Crippen LogP contribution in [-0.4, -0.2) is 28.8 Å². The molecule has 1 aromatic carbocycles. The zero-order valence-electron chi connectivity index (χ0n) is 15.5. The smallest absolute Gasteiger partial charge is 0.407 e. The summed E-state index contributed by atoms with van der Waals surface area (Å²) in [5.74, 6) is -0.956. The van der Waals surface area contributed by atoms with Crippen LogP contribution >= 0.6 is 0 Å². The summed E-state index contributed by atoms with van der Waals surface area (Å²) in [6, 6.07) is 7.53. The molecule has 5 nitrogen and oxygen atoms in total. The van der Waals surface area contributed by atoms with Gasteiger partial charge in [-0.1, -0.05) is 45.0 Å². The second kappa shape index (κ2) is 7.69. The number of carbonyl (C=O) groups excluding carboxylic acids is 1. The molecule has 0 saturated heterocycles. The molecular formula is C19H29NO4.